The minimum absolute atomic E-state index is 0.0432. The Bertz CT molecular complexity index is 1740. The number of nitrogens with two attached hydrogens (primary N) is 1. The van der Waals surface area contributed by atoms with Crippen LogP contribution >= 0.6 is 0 Å². The molecule has 0 aliphatic rings. The number of nitrogens with one attached hydrogen (secondary N) is 2. The Kier molecular flexibility index (Phi) is 16.4. The number of hydrogen-bond acceptors (Lipinski definition) is 8. The lowest BCUT2D eigenvalue weighted by atomic mass is 10.0. The van der Waals surface area contributed by atoms with E-state index in [4.69, 9.17) is 10.8 Å². The molecule has 2 aromatic carbocycles. The maximum absolute atomic E-state index is 12.4. The van der Waals surface area contributed by atoms with Gasteiger partial charge in [-0.15, -0.1) is 0 Å². The first-order valence-electron chi connectivity index (χ1n) is 17.0. The number of hydrogen-bond donors (Lipinski definition) is 4. The van der Waals surface area contributed by atoms with Gasteiger partial charge in [0.05, 0.1) is 16.6 Å². The molecule has 0 bridgehead atoms. The third kappa shape index (κ3) is 17.7. The maximum Gasteiger partial charge on any atom is 0.306 e. The molecular formula is C40H55N5O5S. The van der Waals surface area contributed by atoms with Crippen LogP contribution in [0.2, 0.25) is 0 Å². The van der Waals surface area contributed by atoms with E-state index in [9.17, 15) is 18.0 Å². The van der Waals surface area contributed by atoms with Crippen molar-refractivity contribution in [1.82, 2.24) is 15.3 Å². The number of pyridine rings is 2. The zero-order valence-corrected chi connectivity index (χ0v) is 32.0. The van der Waals surface area contributed by atoms with E-state index in [2.05, 4.69) is 41.4 Å². The minimum atomic E-state index is -3.40. The molecule has 51 heavy (non-hydrogen) atoms. The van der Waals surface area contributed by atoms with Crippen LogP contribution in [0, 0.1) is 17.3 Å². The number of carboxylic acids is 1. The van der Waals surface area contributed by atoms with Crippen molar-refractivity contribution in [1.29, 1.82) is 0 Å². The standard InChI is InChI=1S/C20H26N2O3S.C10H17N3.C10H12O2/c1-15(12-16-8-6-5-7-9-16)19(23)22-18-11-10-17(13-21-18)26(24,25)14-20(2,3)4;1-10(2,3)13-7-8-4-5-9(11)12-6-8;1-8(10(11)12)7-9-5-3-2-4-6-9/h5-11,13,15H,12,14H2,1-4H3,(H,21,22,23);4-6,13H,7H2,1-3H3,(H2,11,12);2-6,8H,7H2,1H3,(H,11,12)/t15-;;8-/m0.0/s1. The molecule has 5 N–H and O–H groups in total. The molecule has 2 atom stereocenters. The molecule has 2 heterocycles. The number of carboxylic acid groups (broad SMARTS) is 1. The van der Waals surface area contributed by atoms with Gasteiger partial charge in [0.1, 0.15) is 11.6 Å². The highest BCUT2D eigenvalue weighted by molar-refractivity contribution is 7.91. The second-order valence-electron chi connectivity index (χ2n) is 14.9. The summed E-state index contributed by atoms with van der Waals surface area (Å²) in [7, 11) is -3.40. The molecule has 0 fully saturated rings. The number of nitrogens with zero attached hydrogens (tertiary/aromatic N) is 2. The number of benzene rings is 2. The summed E-state index contributed by atoms with van der Waals surface area (Å²) in [6.07, 6.45) is 4.34. The summed E-state index contributed by atoms with van der Waals surface area (Å²) in [5.74, 6) is -0.438. The molecule has 4 rings (SSSR count). The van der Waals surface area contributed by atoms with E-state index < -0.39 is 15.8 Å². The fourth-order valence-electron chi connectivity index (χ4n) is 4.56. The van der Waals surface area contributed by atoms with E-state index in [0.29, 0.717) is 24.5 Å². The predicted octanol–water partition coefficient (Wildman–Crippen LogP) is 7.22. The minimum Gasteiger partial charge on any atom is -0.481 e. The fourth-order valence-corrected chi connectivity index (χ4v) is 6.36. The number of anilines is 2. The molecule has 0 saturated heterocycles. The number of carbonyl (C=O) groups is 2. The SMILES string of the molecule is CC(C)(C)NCc1ccc(N)nc1.C[C@@H](Cc1ccccc1)C(=O)Nc1ccc(S(=O)(=O)CC(C)(C)C)cn1.C[C@@H](Cc1ccccc1)C(=O)O. The smallest absolute Gasteiger partial charge is 0.306 e. The predicted molar refractivity (Wildman–Crippen MR) is 206 cm³/mol. The van der Waals surface area contributed by atoms with E-state index >= 15 is 0 Å². The Morgan fingerprint density at radius 2 is 1.29 bits per heavy atom. The van der Waals surface area contributed by atoms with Crippen molar-refractivity contribution in [3.63, 3.8) is 0 Å². The molecule has 0 radical (unpaired) electrons. The lowest BCUT2D eigenvalue weighted by Crippen LogP contribution is -2.35. The summed E-state index contributed by atoms with van der Waals surface area (Å²) in [6.45, 7) is 16.4. The molecule has 0 spiro atoms. The number of carbonyl (C=O) groups excluding carboxylic acids is 1. The molecule has 0 aliphatic heterocycles. The highest BCUT2D eigenvalue weighted by atomic mass is 32.2. The number of rotatable bonds is 11. The Hall–Kier alpha value is -4.61. The summed E-state index contributed by atoms with van der Waals surface area (Å²) in [6, 6.07) is 26.3. The Labute approximate surface area is 304 Å². The second-order valence-corrected chi connectivity index (χ2v) is 16.9. The average molecular weight is 718 g/mol. The summed E-state index contributed by atoms with van der Waals surface area (Å²) in [4.78, 5) is 31.1. The topological polar surface area (TPSA) is 164 Å². The van der Waals surface area contributed by atoms with Crippen molar-refractivity contribution in [2.24, 2.45) is 17.3 Å². The first-order valence-corrected chi connectivity index (χ1v) is 18.6. The van der Waals surface area contributed by atoms with E-state index in [0.717, 1.165) is 23.2 Å². The van der Waals surface area contributed by atoms with Crippen LogP contribution in [0.5, 0.6) is 0 Å². The molecule has 10 nitrogen and oxygen atoms in total. The summed E-state index contributed by atoms with van der Waals surface area (Å²) >= 11 is 0. The number of sulfone groups is 1. The molecular weight excluding hydrogens is 663 g/mol. The van der Waals surface area contributed by atoms with Crippen LogP contribution in [-0.2, 0) is 38.8 Å². The highest BCUT2D eigenvalue weighted by Crippen LogP contribution is 2.22. The van der Waals surface area contributed by atoms with Crippen LogP contribution in [0.1, 0.15) is 72.1 Å². The van der Waals surface area contributed by atoms with E-state index in [-0.39, 0.29) is 39.3 Å². The van der Waals surface area contributed by atoms with E-state index in [1.807, 2.05) is 100 Å². The number of aliphatic carboxylic acids is 1. The molecule has 11 heteroatoms. The lowest BCUT2D eigenvalue weighted by Gasteiger charge is -2.20. The van der Waals surface area contributed by atoms with Gasteiger partial charge in [-0.1, -0.05) is 101 Å². The van der Waals surface area contributed by atoms with Gasteiger partial charge in [-0.05, 0) is 73.9 Å². The quantitative estimate of drug-likeness (QED) is 0.125. The number of amides is 1. The van der Waals surface area contributed by atoms with E-state index in [1.165, 1.54) is 18.3 Å². The Morgan fingerprint density at radius 1 is 0.745 bits per heavy atom. The molecule has 2 aromatic heterocycles. The van der Waals surface area contributed by atoms with Crippen LogP contribution in [0.25, 0.3) is 0 Å². The lowest BCUT2D eigenvalue weighted by molar-refractivity contribution is -0.141. The zero-order valence-electron chi connectivity index (χ0n) is 31.2. The van der Waals surface area contributed by atoms with Gasteiger partial charge in [0.2, 0.25) is 5.91 Å². The van der Waals surface area contributed by atoms with Crippen molar-refractivity contribution < 1.29 is 23.1 Å². The molecule has 0 unspecified atom stereocenters. The molecule has 0 saturated carbocycles. The van der Waals surface area contributed by atoms with Gasteiger partial charge in [0, 0.05) is 30.4 Å². The second kappa shape index (κ2) is 19.7. The van der Waals surface area contributed by atoms with Crippen LogP contribution in [-0.4, -0.2) is 46.7 Å². The normalized spacial score (nSPS) is 12.6. The van der Waals surface area contributed by atoms with Gasteiger partial charge in [-0.25, -0.2) is 18.4 Å². The Balaban J connectivity index is 0.000000300. The molecule has 0 aliphatic carbocycles. The van der Waals surface area contributed by atoms with Crippen molar-refractivity contribution in [3.8, 4) is 0 Å². The van der Waals surface area contributed by atoms with E-state index in [1.54, 1.807) is 13.1 Å². The summed E-state index contributed by atoms with van der Waals surface area (Å²) < 4.78 is 24.7. The summed E-state index contributed by atoms with van der Waals surface area (Å²) in [5, 5.41) is 14.8. The van der Waals surface area contributed by atoms with Crippen LogP contribution in [0.4, 0.5) is 11.6 Å². The van der Waals surface area contributed by atoms with Gasteiger partial charge in [0.25, 0.3) is 0 Å². The molecule has 276 valence electrons. The van der Waals surface area contributed by atoms with Gasteiger partial charge >= 0.3 is 5.97 Å². The van der Waals surface area contributed by atoms with Gasteiger partial charge in [0.15, 0.2) is 9.84 Å². The van der Waals surface area contributed by atoms with Crippen molar-refractivity contribution in [2.75, 3.05) is 16.8 Å². The third-order valence-corrected chi connectivity index (χ3v) is 9.48. The first-order chi connectivity index (χ1) is 23.7. The van der Waals surface area contributed by atoms with Crippen LogP contribution in [0.15, 0.2) is 102 Å². The zero-order chi connectivity index (χ0) is 38.2. The van der Waals surface area contributed by atoms with Crippen LogP contribution < -0.4 is 16.4 Å². The average Bonchev–Trinajstić information content (AvgIpc) is 3.05. The van der Waals surface area contributed by atoms with Crippen LogP contribution in [0.3, 0.4) is 0 Å². The number of aromatic nitrogens is 2. The Morgan fingerprint density at radius 3 is 1.73 bits per heavy atom. The van der Waals surface area contributed by atoms with Crippen molar-refractivity contribution in [2.45, 2.75) is 85.2 Å². The maximum atomic E-state index is 12.4. The van der Waals surface area contributed by atoms with Gasteiger partial charge < -0.3 is 21.5 Å². The van der Waals surface area contributed by atoms with Gasteiger partial charge in [-0.2, -0.15) is 0 Å². The highest BCUT2D eigenvalue weighted by Gasteiger charge is 2.24. The summed E-state index contributed by atoms with van der Waals surface area (Å²) in [5.41, 5.74) is 8.61. The molecule has 4 aromatic rings. The number of nitrogen functional groups attached to an aromatic ring is 1. The molecule has 1 amide bonds. The fraction of sp³-hybridized carbons (Fsp3) is 0.400. The largest absolute Gasteiger partial charge is 0.481 e. The monoisotopic (exact) mass is 717 g/mol. The first kappa shape index (κ1) is 42.6. The van der Waals surface area contributed by atoms with Crippen molar-refractivity contribution in [3.05, 3.63) is 114 Å². The third-order valence-electron chi connectivity index (χ3n) is 7.28. The van der Waals surface area contributed by atoms with Gasteiger partial charge in [-0.3, -0.25) is 9.59 Å². The van der Waals surface area contributed by atoms with Crippen molar-refractivity contribution >= 4 is 33.3 Å².